The van der Waals surface area contributed by atoms with Crippen molar-refractivity contribution in [3.8, 4) is 5.75 Å². The number of aromatic hydroxyl groups is 1. The summed E-state index contributed by atoms with van der Waals surface area (Å²) in [5.41, 5.74) is 0.396. The van der Waals surface area contributed by atoms with Gasteiger partial charge in [0.2, 0.25) is 0 Å². The van der Waals surface area contributed by atoms with Gasteiger partial charge in [0.1, 0.15) is 22.7 Å². The fourth-order valence-electron chi connectivity index (χ4n) is 2.59. The number of nitrogens with zero attached hydrogens (tertiary/aromatic N) is 2. The highest BCUT2D eigenvalue weighted by Crippen LogP contribution is 2.37. The zero-order valence-electron chi connectivity index (χ0n) is 11.8. The average molecular weight is 342 g/mol. The summed E-state index contributed by atoms with van der Waals surface area (Å²) >= 11 is 3.04. The van der Waals surface area contributed by atoms with Crippen LogP contribution < -0.4 is 0 Å². The number of phenols is 1. The molecule has 0 aromatic heterocycles. The molecule has 0 unspecified atom stereocenters. The number of aliphatic carboxylic acids is 1. The first kappa shape index (κ1) is 15.6. The Kier molecular flexibility index (Phi) is 4.33. The first-order valence-corrected chi connectivity index (χ1v) is 8.76. The van der Waals surface area contributed by atoms with E-state index in [-0.39, 0.29) is 17.2 Å². The van der Waals surface area contributed by atoms with Crippen LogP contribution in [0.25, 0.3) is 0 Å². The summed E-state index contributed by atoms with van der Waals surface area (Å²) in [6.45, 7) is 0. The van der Waals surface area contributed by atoms with Gasteiger partial charge in [0.15, 0.2) is 0 Å². The van der Waals surface area contributed by atoms with Crippen LogP contribution in [0.3, 0.4) is 0 Å². The average Bonchev–Trinajstić information content (AvgIpc) is 3.07. The Bertz CT molecular complexity index is 641. The van der Waals surface area contributed by atoms with Crippen LogP contribution in [0.2, 0.25) is 0 Å². The zero-order valence-corrected chi connectivity index (χ0v) is 13.4. The number of aliphatic imine (C=N–C) groups is 1. The van der Waals surface area contributed by atoms with Gasteiger partial charge in [0.05, 0.1) is 17.0 Å². The molecule has 0 radical (unpaired) electrons. The quantitative estimate of drug-likeness (QED) is 0.873. The Morgan fingerprint density at radius 2 is 2.23 bits per heavy atom. The Labute approximate surface area is 135 Å². The number of benzene rings is 1. The lowest BCUT2D eigenvalue weighted by Gasteiger charge is -2.24. The fourth-order valence-corrected chi connectivity index (χ4v) is 5.35. The summed E-state index contributed by atoms with van der Waals surface area (Å²) in [5, 5.41) is 19.6. The van der Waals surface area contributed by atoms with Gasteiger partial charge in [-0.25, -0.2) is 4.39 Å². The number of carboxylic acids is 1. The Balaban J connectivity index is 1.80. The second-order valence-electron chi connectivity index (χ2n) is 5.22. The van der Waals surface area contributed by atoms with E-state index in [2.05, 4.69) is 4.99 Å². The molecule has 0 saturated carbocycles. The van der Waals surface area contributed by atoms with Crippen LogP contribution in [0.1, 0.15) is 5.56 Å². The van der Waals surface area contributed by atoms with Crippen molar-refractivity contribution in [1.29, 1.82) is 0 Å². The number of phenolic OH excluding ortho intramolecular Hbond substituents is 1. The predicted octanol–water partition coefficient (Wildman–Crippen LogP) is 1.85. The van der Waals surface area contributed by atoms with Crippen LogP contribution in [-0.4, -0.2) is 62.1 Å². The molecule has 8 heteroatoms. The molecule has 2 heterocycles. The van der Waals surface area contributed by atoms with Crippen molar-refractivity contribution in [3.05, 3.63) is 29.6 Å². The van der Waals surface area contributed by atoms with Gasteiger partial charge in [-0.2, -0.15) is 0 Å². The van der Waals surface area contributed by atoms with Crippen molar-refractivity contribution in [2.75, 3.05) is 18.6 Å². The van der Waals surface area contributed by atoms with E-state index in [1.165, 1.54) is 30.0 Å². The van der Waals surface area contributed by atoms with E-state index in [1.807, 2.05) is 4.90 Å². The van der Waals surface area contributed by atoms with Gasteiger partial charge >= 0.3 is 5.97 Å². The number of likely N-dealkylation sites (N-methyl/N-ethyl adjacent to an activating group) is 1. The lowest BCUT2D eigenvalue weighted by atomic mass is 10.2. The molecular weight excluding hydrogens is 327 g/mol. The van der Waals surface area contributed by atoms with Crippen LogP contribution in [0.4, 0.5) is 4.39 Å². The Morgan fingerprint density at radius 3 is 2.91 bits per heavy atom. The van der Waals surface area contributed by atoms with E-state index in [0.29, 0.717) is 22.1 Å². The third kappa shape index (κ3) is 2.82. The number of thioether (sulfide) groups is 2. The van der Waals surface area contributed by atoms with E-state index in [9.17, 15) is 19.4 Å². The normalized spacial score (nSPS) is 28.8. The molecule has 1 saturated heterocycles. The molecule has 5 nitrogen and oxygen atoms in total. The first-order chi connectivity index (χ1) is 10.5. The summed E-state index contributed by atoms with van der Waals surface area (Å²) in [7, 11) is 1.79. The Morgan fingerprint density at radius 1 is 1.45 bits per heavy atom. The minimum atomic E-state index is -0.824. The van der Waals surface area contributed by atoms with Crippen molar-refractivity contribution in [3.63, 3.8) is 0 Å². The van der Waals surface area contributed by atoms with Gasteiger partial charge < -0.3 is 10.2 Å². The molecule has 1 aromatic carbocycles. The van der Waals surface area contributed by atoms with E-state index in [1.54, 1.807) is 18.8 Å². The lowest BCUT2D eigenvalue weighted by Crippen LogP contribution is -2.42. The zero-order chi connectivity index (χ0) is 15.9. The van der Waals surface area contributed by atoms with Crippen molar-refractivity contribution < 1.29 is 19.4 Å². The smallest absolute Gasteiger partial charge is 0.321 e. The maximum Gasteiger partial charge on any atom is 0.321 e. The summed E-state index contributed by atoms with van der Waals surface area (Å²) < 4.78 is 13.3. The Hall–Kier alpha value is -1.25. The van der Waals surface area contributed by atoms with Crippen LogP contribution in [0.5, 0.6) is 5.75 Å². The second kappa shape index (κ2) is 6.10. The molecule has 1 fully saturated rings. The topological polar surface area (TPSA) is 73.1 Å². The number of carboxylic acid groups (broad SMARTS) is 1. The van der Waals surface area contributed by atoms with Gasteiger partial charge in [-0.15, -0.1) is 23.5 Å². The monoisotopic (exact) mass is 342 g/mol. The third-order valence-corrected chi connectivity index (χ3v) is 6.40. The molecule has 0 amide bonds. The minimum absolute atomic E-state index is 0.00384. The minimum Gasteiger partial charge on any atom is -0.507 e. The highest BCUT2D eigenvalue weighted by Gasteiger charge is 2.41. The van der Waals surface area contributed by atoms with Gasteiger partial charge in [0.25, 0.3) is 0 Å². The van der Waals surface area contributed by atoms with Crippen LogP contribution in [0, 0.1) is 5.82 Å². The molecule has 2 aliphatic rings. The van der Waals surface area contributed by atoms with E-state index < -0.39 is 17.8 Å². The van der Waals surface area contributed by atoms with Gasteiger partial charge in [0, 0.05) is 11.5 Å². The van der Waals surface area contributed by atoms with Gasteiger partial charge in [-0.05, 0) is 25.2 Å². The molecule has 0 bridgehead atoms. The first-order valence-electron chi connectivity index (χ1n) is 6.73. The standard InChI is InChI=1S/C14H15FN2O3S2/c1-17-10(14(19)20)6-22-13(17)9-5-21-12(16-9)8-4-7(15)2-3-11(8)18/h2-4,9-10,13,18H,5-6H2,1H3,(H,19,20)/t9-,10-,13-/m1/s1. The highest BCUT2D eigenvalue weighted by molar-refractivity contribution is 8.14. The number of halogens is 1. The molecule has 3 rings (SSSR count). The fraction of sp³-hybridized carbons (Fsp3) is 0.429. The van der Waals surface area contributed by atoms with Crippen LogP contribution >= 0.6 is 23.5 Å². The molecule has 2 aliphatic heterocycles. The maximum absolute atomic E-state index is 13.3. The van der Waals surface area contributed by atoms with Crippen molar-refractivity contribution in [2.24, 2.45) is 4.99 Å². The van der Waals surface area contributed by atoms with Crippen LogP contribution in [-0.2, 0) is 4.79 Å². The number of rotatable bonds is 3. The summed E-state index contributed by atoms with van der Waals surface area (Å²) in [5.74, 6) is -0.00925. The van der Waals surface area contributed by atoms with Gasteiger partial charge in [-0.3, -0.25) is 14.7 Å². The van der Waals surface area contributed by atoms with E-state index in [4.69, 9.17) is 0 Å². The van der Waals surface area contributed by atoms with E-state index >= 15 is 0 Å². The van der Waals surface area contributed by atoms with E-state index in [0.717, 1.165) is 0 Å². The highest BCUT2D eigenvalue weighted by atomic mass is 32.2. The second-order valence-corrected chi connectivity index (χ2v) is 7.38. The van der Waals surface area contributed by atoms with Gasteiger partial charge in [-0.1, -0.05) is 0 Å². The maximum atomic E-state index is 13.3. The molecule has 0 aliphatic carbocycles. The molecule has 22 heavy (non-hydrogen) atoms. The molecule has 0 spiro atoms. The predicted molar refractivity (Wildman–Crippen MR) is 86.3 cm³/mol. The summed E-state index contributed by atoms with van der Waals surface area (Å²) in [4.78, 5) is 17.6. The number of carbonyl (C=O) groups is 1. The van der Waals surface area contributed by atoms with Crippen LogP contribution in [0.15, 0.2) is 23.2 Å². The molecule has 118 valence electrons. The molecular formula is C14H15FN2O3S2. The lowest BCUT2D eigenvalue weighted by molar-refractivity contribution is -0.141. The SMILES string of the molecule is CN1[C@@H](C(=O)O)CS[C@@H]1[C@H]1CSC(c2cc(F)ccc2O)=N1. The largest absolute Gasteiger partial charge is 0.507 e. The summed E-state index contributed by atoms with van der Waals surface area (Å²) in [6, 6.07) is 3.23. The number of hydrogen-bond donors (Lipinski definition) is 2. The molecule has 2 N–H and O–H groups in total. The van der Waals surface area contributed by atoms with Crippen molar-refractivity contribution in [1.82, 2.24) is 4.90 Å². The summed E-state index contributed by atoms with van der Waals surface area (Å²) in [6.07, 6.45) is 0. The number of hydrogen-bond acceptors (Lipinski definition) is 6. The molecule has 3 atom stereocenters. The van der Waals surface area contributed by atoms with Crippen molar-refractivity contribution in [2.45, 2.75) is 17.5 Å². The van der Waals surface area contributed by atoms with Crippen molar-refractivity contribution >= 4 is 34.5 Å². The third-order valence-electron chi connectivity index (χ3n) is 3.79. The molecule has 1 aromatic rings.